The van der Waals surface area contributed by atoms with E-state index in [0.29, 0.717) is 5.41 Å². The van der Waals surface area contributed by atoms with Gasteiger partial charge in [0.25, 0.3) is 0 Å². The van der Waals surface area contributed by atoms with Crippen LogP contribution in [-0.4, -0.2) is 0 Å². The molecule has 1 heteroatoms. The summed E-state index contributed by atoms with van der Waals surface area (Å²) < 4.78 is 0. The second-order valence-electron chi connectivity index (χ2n) is 8.83. The molecule has 0 unspecified atom stereocenters. The first-order valence-corrected chi connectivity index (χ1v) is 11.4. The third kappa shape index (κ3) is 8.86. The second kappa shape index (κ2) is 12.9. The molecule has 0 radical (unpaired) electrons. The Labute approximate surface area is 184 Å². The van der Waals surface area contributed by atoms with E-state index in [1.807, 2.05) is 12.1 Å². The van der Waals surface area contributed by atoms with Crippen LogP contribution in [0.5, 0.6) is 0 Å². The smallest absolute Gasteiger partial charge is 0.0400 e. The fourth-order valence-electron chi connectivity index (χ4n) is 3.79. The lowest BCUT2D eigenvalue weighted by atomic mass is 9.92. The second-order valence-corrected chi connectivity index (χ2v) is 8.83. The molecule has 0 spiro atoms. The maximum absolute atomic E-state index is 3.82. The van der Waals surface area contributed by atoms with Crippen LogP contribution < -0.4 is 5.32 Å². The van der Waals surface area contributed by atoms with Crippen LogP contribution in [0.15, 0.2) is 91.1 Å². The molecule has 1 aliphatic carbocycles. The van der Waals surface area contributed by atoms with E-state index >= 15 is 0 Å². The molecule has 0 amide bonds. The molecule has 0 saturated heterocycles. The third-order valence-corrected chi connectivity index (χ3v) is 5.59. The van der Waals surface area contributed by atoms with Gasteiger partial charge in [0.1, 0.15) is 0 Å². The van der Waals surface area contributed by atoms with Gasteiger partial charge in [0, 0.05) is 12.2 Å². The maximum atomic E-state index is 3.82. The zero-order chi connectivity index (χ0) is 21.7. The summed E-state index contributed by atoms with van der Waals surface area (Å²) in [5, 5.41) is 3.56. The van der Waals surface area contributed by atoms with E-state index < -0.39 is 0 Å². The lowest BCUT2D eigenvalue weighted by molar-refractivity contribution is 0.382. The van der Waals surface area contributed by atoms with E-state index in [4.69, 9.17) is 0 Å². The van der Waals surface area contributed by atoms with Gasteiger partial charge in [-0.1, -0.05) is 113 Å². The van der Waals surface area contributed by atoms with Crippen molar-refractivity contribution in [2.45, 2.75) is 65.8 Å². The van der Waals surface area contributed by atoms with Crippen molar-refractivity contribution in [2.75, 3.05) is 5.32 Å². The molecule has 3 rings (SSSR count). The molecule has 30 heavy (non-hydrogen) atoms. The molecule has 160 valence electrons. The van der Waals surface area contributed by atoms with Crippen molar-refractivity contribution >= 4 is 5.69 Å². The van der Waals surface area contributed by atoms with Crippen LogP contribution in [0.4, 0.5) is 5.69 Å². The summed E-state index contributed by atoms with van der Waals surface area (Å²) >= 11 is 0. The van der Waals surface area contributed by atoms with Crippen molar-refractivity contribution in [3.63, 3.8) is 0 Å². The fraction of sp³-hybridized carbons (Fsp3) is 0.379. The summed E-state index contributed by atoms with van der Waals surface area (Å²) in [6, 6.07) is 19.0. The molecule has 0 atom stereocenters. The van der Waals surface area contributed by atoms with Crippen LogP contribution in [-0.2, 0) is 13.0 Å². The van der Waals surface area contributed by atoms with Crippen molar-refractivity contribution in [1.82, 2.24) is 0 Å². The Hall–Kier alpha value is -2.54. The first kappa shape index (κ1) is 23.7. The summed E-state index contributed by atoms with van der Waals surface area (Å²) in [4.78, 5) is 0. The Morgan fingerprint density at radius 2 is 1.67 bits per heavy atom. The quantitative estimate of drug-likeness (QED) is 0.437. The first-order chi connectivity index (χ1) is 14.5. The van der Waals surface area contributed by atoms with Crippen LogP contribution >= 0.6 is 0 Å². The Morgan fingerprint density at radius 3 is 2.27 bits per heavy atom. The van der Waals surface area contributed by atoms with Crippen molar-refractivity contribution < 1.29 is 0 Å². The monoisotopic (exact) mass is 401 g/mol. The fourth-order valence-corrected chi connectivity index (χ4v) is 3.79. The molecule has 0 heterocycles. The lowest BCUT2D eigenvalue weighted by Crippen LogP contribution is -2.02. The number of hydrogen-bond donors (Lipinski definition) is 1. The zero-order valence-corrected chi connectivity index (χ0v) is 19.2. The number of nitrogens with one attached hydrogen (secondary N) is 1. The summed E-state index contributed by atoms with van der Waals surface area (Å²) in [5.74, 6) is 0. The van der Waals surface area contributed by atoms with Gasteiger partial charge in [0.15, 0.2) is 0 Å². The Balaban J connectivity index is 0.000000386. The van der Waals surface area contributed by atoms with E-state index in [9.17, 15) is 0 Å². The number of rotatable bonds is 8. The molecule has 2 aromatic carbocycles. The molecule has 1 fully saturated rings. The number of anilines is 1. The highest BCUT2D eigenvalue weighted by Gasteiger charge is 2.21. The highest BCUT2D eigenvalue weighted by molar-refractivity contribution is 5.53. The van der Waals surface area contributed by atoms with Gasteiger partial charge in [-0.25, -0.2) is 0 Å². The molecule has 0 aromatic heterocycles. The lowest BCUT2D eigenvalue weighted by Gasteiger charge is -2.13. The molecule has 1 aliphatic rings. The predicted octanol–water partition coefficient (Wildman–Crippen LogP) is 8.51. The largest absolute Gasteiger partial charge is 0.381 e. The molecule has 0 aliphatic heterocycles. The first-order valence-electron chi connectivity index (χ1n) is 11.4. The summed E-state index contributed by atoms with van der Waals surface area (Å²) in [6.07, 6.45) is 16.1. The standard InChI is InChI=1S/C22H25N.C7H14/c1-3-5-12-19(11-4-2)17-21-15-9-10-16-22(21)23-18-20-13-7-6-8-14-20;1-7(2)5-3-4-6-7/h4-16,23H,2-3,17-18H2,1H3;3-6H2,1-2H3/b12-5-,19-11+;. The van der Waals surface area contributed by atoms with E-state index in [0.717, 1.165) is 19.4 Å². The topological polar surface area (TPSA) is 12.0 Å². The number of para-hydroxylation sites is 1. The van der Waals surface area contributed by atoms with Gasteiger partial charge in [-0.3, -0.25) is 0 Å². The molecule has 2 aromatic rings. The molecule has 1 N–H and O–H groups in total. The zero-order valence-electron chi connectivity index (χ0n) is 19.2. The average Bonchev–Trinajstić information content (AvgIpc) is 3.16. The van der Waals surface area contributed by atoms with Crippen LogP contribution in [0, 0.1) is 5.41 Å². The maximum Gasteiger partial charge on any atom is 0.0400 e. The minimum atomic E-state index is 0.694. The minimum Gasteiger partial charge on any atom is -0.381 e. The summed E-state index contributed by atoms with van der Waals surface area (Å²) in [5.41, 5.74) is 5.75. The van der Waals surface area contributed by atoms with E-state index in [2.05, 4.69) is 99.4 Å². The molecule has 1 saturated carbocycles. The Morgan fingerprint density at radius 1 is 1.00 bits per heavy atom. The third-order valence-electron chi connectivity index (χ3n) is 5.59. The van der Waals surface area contributed by atoms with Gasteiger partial charge >= 0.3 is 0 Å². The van der Waals surface area contributed by atoms with Gasteiger partial charge in [-0.05, 0) is 53.9 Å². The van der Waals surface area contributed by atoms with Crippen molar-refractivity contribution in [2.24, 2.45) is 5.41 Å². The highest BCUT2D eigenvalue weighted by Crippen LogP contribution is 2.36. The van der Waals surface area contributed by atoms with Crippen molar-refractivity contribution in [3.8, 4) is 0 Å². The van der Waals surface area contributed by atoms with Gasteiger partial charge in [-0.15, -0.1) is 0 Å². The van der Waals surface area contributed by atoms with Crippen LogP contribution in [0.2, 0.25) is 0 Å². The van der Waals surface area contributed by atoms with Crippen LogP contribution in [0.3, 0.4) is 0 Å². The predicted molar refractivity (Wildman–Crippen MR) is 134 cm³/mol. The van der Waals surface area contributed by atoms with E-state index in [1.54, 1.807) is 0 Å². The highest BCUT2D eigenvalue weighted by atomic mass is 14.9. The van der Waals surface area contributed by atoms with E-state index in [1.165, 1.54) is 48.1 Å². The van der Waals surface area contributed by atoms with Crippen LogP contribution in [0.1, 0.15) is 64.0 Å². The van der Waals surface area contributed by atoms with Gasteiger partial charge in [0.2, 0.25) is 0 Å². The van der Waals surface area contributed by atoms with Gasteiger partial charge < -0.3 is 5.32 Å². The summed E-state index contributed by atoms with van der Waals surface area (Å²) in [7, 11) is 0. The number of hydrogen-bond acceptors (Lipinski definition) is 1. The van der Waals surface area contributed by atoms with Gasteiger partial charge in [-0.2, -0.15) is 0 Å². The Kier molecular flexibility index (Phi) is 10.2. The van der Waals surface area contributed by atoms with Crippen molar-refractivity contribution in [3.05, 3.63) is 102 Å². The average molecular weight is 402 g/mol. The number of benzene rings is 2. The molecular formula is C29H39N. The minimum absolute atomic E-state index is 0.694. The van der Waals surface area contributed by atoms with Crippen molar-refractivity contribution in [1.29, 1.82) is 0 Å². The molecule has 0 bridgehead atoms. The SMILES string of the molecule is C=C/C=C(\C=C/CC)Cc1ccccc1NCc1ccccc1.CC1(C)CCCC1. The molecule has 1 nitrogen and oxygen atoms in total. The molecular weight excluding hydrogens is 362 g/mol. The Bertz CT molecular complexity index is 803. The normalized spacial score (nSPS) is 15.5. The number of allylic oxidation sites excluding steroid dienone is 5. The van der Waals surface area contributed by atoms with Gasteiger partial charge in [0.05, 0.1) is 0 Å². The van der Waals surface area contributed by atoms with Crippen LogP contribution in [0.25, 0.3) is 0 Å². The van der Waals surface area contributed by atoms with E-state index in [-0.39, 0.29) is 0 Å². The summed E-state index contributed by atoms with van der Waals surface area (Å²) in [6.45, 7) is 11.5.